The Hall–Kier alpha value is -2.97. The highest BCUT2D eigenvalue weighted by atomic mass is 32.1. The maximum absolute atomic E-state index is 12.9. The first-order valence-electron chi connectivity index (χ1n) is 10.5. The van der Waals surface area contributed by atoms with Crippen LogP contribution in [-0.2, 0) is 30.8 Å². The number of nitrogens with one attached hydrogen (secondary N) is 1. The molecule has 0 spiro atoms. The number of anilines is 1. The minimum atomic E-state index is -0.379. The number of rotatable bonds is 7. The molecule has 0 fully saturated rings. The minimum absolute atomic E-state index is 0.273. The number of nitrogens with zero attached hydrogens (tertiary/aromatic N) is 3. The summed E-state index contributed by atoms with van der Waals surface area (Å²) in [4.78, 5) is 29.1. The molecule has 0 unspecified atom stereocenters. The summed E-state index contributed by atoms with van der Waals surface area (Å²) in [5, 5.41) is 7.66. The Morgan fingerprint density at radius 1 is 1.19 bits per heavy atom. The van der Waals surface area contributed by atoms with Crippen molar-refractivity contribution in [1.29, 1.82) is 0 Å². The van der Waals surface area contributed by atoms with Crippen molar-refractivity contribution in [3.8, 4) is 0 Å². The molecule has 0 bridgehead atoms. The molecule has 3 heterocycles. The second-order valence-electron chi connectivity index (χ2n) is 7.36. The van der Waals surface area contributed by atoms with E-state index in [1.165, 1.54) is 16.9 Å². The van der Waals surface area contributed by atoms with Crippen LogP contribution in [0.25, 0.3) is 0 Å². The van der Waals surface area contributed by atoms with Gasteiger partial charge in [-0.2, -0.15) is 5.10 Å². The largest absolute Gasteiger partial charge is 0.462 e. The number of amides is 1. The molecule has 2 aromatic heterocycles. The van der Waals surface area contributed by atoms with Gasteiger partial charge in [-0.15, -0.1) is 11.3 Å². The summed E-state index contributed by atoms with van der Waals surface area (Å²) in [5.74, 6) is -0.652. The van der Waals surface area contributed by atoms with E-state index < -0.39 is 0 Å². The first kappa shape index (κ1) is 21.3. The second kappa shape index (κ2) is 9.45. The average molecular weight is 439 g/mol. The third-order valence-electron chi connectivity index (χ3n) is 5.34. The van der Waals surface area contributed by atoms with Gasteiger partial charge < -0.3 is 10.1 Å². The maximum Gasteiger partial charge on any atom is 0.341 e. The third-order valence-corrected chi connectivity index (χ3v) is 6.47. The van der Waals surface area contributed by atoms with Crippen molar-refractivity contribution < 1.29 is 14.3 Å². The SMILES string of the molecule is CCOC(=O)c1c(NC(=O)c2ccnn2CC)sc2c1CCN(Cc1ccccc1)C2. The van der Waals surface area contributed by atoms with Gasteiger partial charge in [0.2, 0.25) is 0 Å². The molecule has 0 aliphatic carbocycles. The van der Waals surface area contributed by atoms with Crippen molar-refractivity contribution >= 4 is 28.2 Å². The number of fused-ring (bicyclic) bond motifs is 1. The van der Waals surface area contributed by atoms with Crippen LogP contribution in [0, 0.1) is 0 Å². The highest BCUT2D eigenvalue weighted by molar-refractivity contribution is 7.17. The van der Waals surface area contributed by atoms with E-state index in [9.17, 15) is 9.59 Å². The first-order chi connectivity index (χ1) is 15.1. The summed E-state index contributed by atoms with van der Waals surface area (Å²) < 4.78 is 6.95. The predicted octanol–water partition coefficient (Wildman–Crippen LogP) is 3.95. The summed E-state index contributed by atoms with van der Waals surface area (Å²) in [6.45, 7) is 7.04. The number of thiophene rings is 1. The number of aromatic nitrogens is 2. The summed E-state index contributed by atoms with van der Waals surface area (Å²) >= 11 is 1.47. The predicted molar refractivity (Wildman–Crippen MR) is 120 cm³/mol. The lowest BCUT2D eigenvalue weighted by Gasteiger charge is -2.27. The quantitative estimate of drug-likeness (QED) is 0.565. The fourth-order valence-electron chi connectivity index (χ4n) is 3.88. The number of hydrogen-bond acceptors (Lipinski definition) is 6. The Balaban J connectivity index is 1.60. The molecule has 0 radical (unpaired) electrons. The van der Waals surface area contributed by atoms with Crippen LogP contribution in [0.5, 0.6) is 0 Å². The van der Waals surface area contributed by atoms with Crippen LogP contribution in [0.3, 0.4) is 0 Å². The first-order valence-corrected chi connectivity index (χ1v) is 11.3. The van der Waals surface area contributed by atoms with Gasteiger partial charge in [0.25, 0.3) is 5.91 Å². The summed E-state index contributed by atoms with van der Waals surface area (Å²) in [6.07, 6.45) is 2.35. The molecule has 1 aromatic carbocycles. The molecule has 7 nitrogen and oxygen atoms in total. The van der Waals surface area contributed by atoms with E-state index in [1.54, 1.807) is 23.9 Å². The van der Waals surface area contributed by atoms with Crippen LogP contribution >= 0.6 is 11.3 Å². The van der Waals surface area contributed by atoms with Gasteiger partial charge in [-0.3, -0.25) is 14.4 Å². The Labute approximate surface area is 185 Å². The van der Waals surface area contributed by atoms with E-state index in [4.69, 9.17) is 4.74 Å². The van der Waals surface area contributed by atoms with E-state index in [0.717, 1.165) is 36.5 Å². The molecule has 0 saturated carbocycles. The topological polar surface area (TPSA) is 76.5 Å². The Morgan fingerprint density at radius 3 is 2.74 bits per heavy atom. The Kier molecular flexibility index (Phi) is 6.48. The number of carbonyl (C=O) groups is 2. The smallest absolute Gasteiger partial charge is 0.341 e. The van der Waals surface area contributed by atoms with E-state index in [-0.39, 0.29) is 11.9 Å². The second-order valence-corrected chi connectivity index (χ2v) is 8.47. The molecule has 3 aromatic rings. The van der Waals surface area contributed by atoms with Gasteiger partial charge in [0, 0.05) is 37.3 Å². The van der Waals surface area contributed by atoms with Gasteiger partial charge in [-0.25, -0.2) is 4.79 Å². The lowest BCUT2D eigenvalue weighted by molar-refractivity contribution is 0.0526. The zero-order valence-electron chi connectivity index (χ0n) is 17.8. The van der Waals surface area contributed by atoms with Crippen LogP contribution < -0.4 is 5.32 Å². The van der Waals surface area contributed by atoms with Crippen molar-refractivity contribution in [2.45, 2.75) is 39.9 Å². The van der Waals surface area contributed by atoms with Crippen molar-refractivity contribution in [2.24, 2.45) is 0 Å². The molecule has 162 valence electrons. The molecule has 31 heavy (non-hydrogen) atoms. The summed E-state index contributed by atoms with van der Waals surface area (Å²) in [6, 6.07) is 12.0. The molecular weight excluding hydrogens is 412 g/mol. The molecule has 1 N–H and O–H groups in total. The van der Waals surface area contributed by atoms with Crippen LogP contribution in [-0.4, -0.2) is 39.7 Å². The molecular formula is C23H26N4O3S. The molecule has 4 rings (SSSR count). The number of benzene rings is 1. The van der Waals surface area contributed by atoms with Crippen LogP contribution in [0.4, 0.5) is 5.00 Å². The molecule has 0 atom stereocenters. The Bertz CT molecular complexity index is 1070. The highest BCUT2D eigenvalue weighted by Gasteiger charge is 2.30. The number of ether oxygens (including phenoxy) is 1. The van der Waals surface area contributed by atoms with Crippen LogP contribution in [0.15, 0.2) is 42.6 Å². The van der Waals surface area contributed by atoms with Gasteiger partial charge in [-0.1, -0.05) is 30.3 Å². The number of hydrogen-bond donors (Lipinski definition) is 1. The normalized spacial score (nSPS) is 13.6. The fourth-order valence-corrected chi connectivity index (χ4v) is 5.16. The van der Waals surface area contributed by atoms with Crippen LogP contribution in [0.1, 0.15) is 50.7 Å². The van der Waals surface area contributed by atoms with Crippen molar-refractivity contribution in [3.05, 3.63) is 69.9 Å². The monoisotopic (exact) mass is 438 g/mol. The highest BCUT2D eigenvalue weighted by Crippen LogP contribution is 2.38. The van der Waals surface area contributed by atoms with E-state index >= 15 is 0 Å². The van der Waals surface area contributed by atoms with E-state index in [2.05, 4.69) is 27.4 Å². The summed E-state index contributed by atoms with van der Waals surface area (Å²) in [7, 11) is 0. The van der Waals surface area contributed by atoms with E-state index in [0.29, 0.717) is 29.4 Å². The zero-order chi connectivity index (χ0) is 21.8. The average Bonchev–Trinajstić information content (AvgIpc) is 3.38. The number of carbonyl (C=O) groups excluding carboxylic acids is 2. The lowest BCUT2D eigenvalue weighted by Crippen LogP contribution is -2.30. The molecule has 1 aliphatic rings. The van der Waals surface area contributed by atoms with Gasteiger partial charge in [0.1, 0.15) is 10.7 Å². The lowest BCUT2D eigenvalue weighted by atomic mass is 10.0. The molecule has 1 amide bonds. The fraction of sp³-hybridized carbons (Fsp3) is 0.348. The Morgan fingerprint density at radius 2 is 2.00 bits per heavy atom. The third kappa shape index (κ3) is 4.55. The summed E-state index contributed by atoms with van der Waals surface area (Å²) in [5.41, 5.74) is 3.22. The number of aryl methyl sites for hydroxylation is 1. The molecule has 1 aliphatic heterocycles. The van der Waals surface area contributed by atoms with Crippen molar-refractivity contribution in [1.82, 2.24) is 14.7 Å². The van der Waals surface area contributed by atoms with Crippen molar-refractivity contribution in [3.63, 3.8) is 0 Å². The number of esters is 1. The van der Waals surface area contributed by atoms with Crippen molar-refractivity contribution in [2.75, 3.05) is 18.5 Å². The van der Waals surface area contributed by atoms with Gasteiger partial charge in [0.15, 0.2) is 0 Å². The van der Waals surface area contributed by atoms with Gasteiger partial charge >= 0.3 is 5.97 Å². The molecule has 0 saturated heterocycles. The van der Waals surface area contributed by atoms with Gasteiger partial charge in [0.05, 0.1) is 12.2 Å². The van der Waals surface area contributed by atoms with Gasteiger partial charge in [-0.05, 0) is 37.5 Å². The minimum Gasteiger partial charge on any atom is -0.462 e. The zero-order valence-corrected chi connectivity index (χ0v) is 18.6. The van der Waals surface area contributed by atoms with E-state index in [1.807, 2.05) is 25.1 Å². The standard InChI is InChI=1S/C23H26N4O3S/c1-3-27-18(10-12-24-27)21(28)25-22-20(23(29)30-4-2)17-11-13-26(15-19(17)31-22)14-16-8-6-5-7-9-16/h5-10,12H,3-4,11,13-15H2,1-2H3,(H,25,28). The maximum atomic E-state index is 12.9. The van der Waals surface area contributed by atoms with Crippen LogP contribution in [0.2, 0.25) is 0 Å². The molecule has 8 heteroatoms.